The van der Waals surface area contributed by atoms with Gasteiger partial charge in [0.2, 0.25) is 0 Å². The molecule has 0 saturated heterocycles. The van der Waals surface area contributed by atoms with Crippen molar-refractivity contribution in [3.05, 3.63) is 27.7 Å². The monoisotopic (exact) mass is 228 g/mol. The third kappa shape index (κ3) is 1.67. The Morgan fingerprint density at radius 3 is 2.75 bits per heavy atom. The minimum atomic E-state index is 0.112. The van der Waals surface area contributed by atoms with Crippen LogP contribution in [0, 0.1) is 0 Å². The second kappa shape index (κ2) is 3.72. The van der Waals surface area contributed by atoms with E-state index in [1.54, 1.807) is 6.07 Å². The van der Waals surface area contributed by atoms with E-state index in [9.17, 15) is 4.79 Å². The quantitative estimate of drug-likeness (QED) is 0.791. The van der Waals surface area contributed by atoms with E-state index in [4.69, 9.17) is 5.11 Å². The predicted octanol–water partition coefficient (Wildman–Crippen LogP) is 2.53. The van der Waals surface area contributed by atoms with Crippen molar-refractivity contribution < 1.29 is 9.90 Å². The van der Waals surface area contributed by atoms with Gasteiger partial charge >= 0.3 is 0 Å². The number of phenolic OH excluding ortho intramolecular Hbond substituents is 1. The molecule has 0 unspecified atom stereocenters. The molecule has 3 heteroatoms. The van der Waals surface area contributed by atoms with Gasteiger partial charge in [-0.3, -0.25) is 4.79 Å². The topological polar surface area (TPSA) is 37.3 Å². The Morgan fingerprint density at radius 1 is 1.58 bits per heavy atom. The number of aromatic hydroxyl groups is 1. The van der Waals surface area contributed by atoms with Crippen LogP contribution >= 0.6 is 15.9 Å². The van der Waals surface area contributed by atoms with Crippen LogP contribution in [0.4, 0.5) is 0 Å². The van der Waals surface area contributed by atoms with Crippen LogP contribution in [0.5, 0.6) is 5.75 Å². The molecule has 0 aliphatic carbocycles. The lowest BCUT2D eigenvalue weighted by molar-refractivity contribution is 0.112. The SMILES string of the molecule is CCc1c(Br)cc(O)cc1C=O. The lowest BCUT2D eigenvalue weighted by Gasteiger charge is -2.04. The van der Waals surface area contributed by atoms with Crippen LogP contribution in [0.1, 0.15) is 22.8 Å². The molecule has 0 aromatic heterocycles. The molecule has 0 spiro atoms. The molecular weight excluding hydrogens is 220 g/mol. The summed E-state index contributed by atoms with van der Waals surface area (Å²) in [7, 11) is 0. The number of carbonyl (C=O) groups excluding carboxylic acids is 1. The summed E-state index contributed by atoms with van der Waals surface area (Å²) in [5.74, 6) is 0.112. The van der Waals surface area contributed by atoms with Crippen molar-refractivity contribution in [3.63, 3.8) is 0 Å². The van der Waals surface area contributed by atoms with E-state index in [1.165, 1.54) is 6.07 Å². The summed E-state index contributed by atoms with van der Waals surface area (Å²) in [5.41, 5.74) is 1.48. The maximum Gasteiger partial charge on any atom is 0.150 e. The Balaban J connectivity index is 3.33. The van der Waals surface area contributed by atoms with Gasteiger partial charge in [-0.05, 0) is 24.1 Å². The summed E-state index contributed by atoms with van der Waals surface area (Å²) in [6.45, 7) is 1.96. The molecule has 0 bridgehead atoms. The van der Waals surface area contributed by atoms with E-state index < -0.39 is 0 Å². The van der Waals surface area contributed by atoms with Gasteiger partial charge in [0, 0.05) is 10.0 Å². The van der Waals surface area contributed by atoms with Gasteiger partial charge in [-0.2, -0.15) is 0 Å². The van der Waals surface area contributed by atoms with E-state index in [2.05, 4.69) is 15.9 Å². The van der Waals surface area contributed by atoms with Crippen molar-refractivity contribution in [2.45, 2.75) is 13.3 Å². The first-order chi connectivity index (χ1) is 5.69. The largest absolute Gasteiger partial charge is 0.508 e. The summed E-state index contributed by atoms with van der Waals surface area (Å²) >= 11 is 3.28. The highest BCUT2D eigenvalue weighted by Crippen LogP contribution is 2.25. The fourth-order valence-corrected chi connectivity index (χ4v) is 1.86. The molecule has 0 aliphatic rings. The van der Waals surface area contributed by atoms with Crippen LogP contribution in [-0.2, 0) is 6.42 Å². The van der Waals surface area contributed by atoms with Gasteiger partial charge < -0.3 is 5.11 Å². The smallest absolute Gasteiger partial charge is 0.150 e. The molecular formula is C9H9BrO2. The second-order valence-electron chi connectivity index (χ2n) is 2.47. The molecule has 0 amide bonds. The number of benzene rings is 1. The number of hydrogen-bond acceptors (Lipinski definition) is 2. The third-order valence-corrected chi connectivity index (χ3v) is 2.40. The first kappa shape index (κ1) is 9.26. The first-order valence-corrected chi connectivity index (χ1v) is 4.45. The minimum Gasteiger partial charge on any atom is -0.508 e. The van der Waals surface area contributed by atoms with Gasteiger partial charge in [0.1, 0.15) is 5.75 Å². The van der Waals surface area contributed by atoms with Crippen molar-refractivity contribution in [1.29, 1.82) is 0 Å². The van der Waals surface area contributed by atoms with Gasteiger partial charge in [-0.25, -0.2) is 0 Å². The van der Waals surface area contributed by atoms with Crippen molar-refractivity contribution in [1.82, 2.24) is 0 Å². The highest BCUT2D eigenvalue weighted by atomic mass is 79.9. The molecule has 0 aliphatic heterocycles. The van der Waals surface area contributed by atoms with Crippen molar-refractivity contribution in [2.75, 3.05) is 0 Å². The van der Waals surface area contributed by atoms with Gasteiger partial charge in [-0.1, -0.05) is 22.9 Å². The van der Waals surface area contributed by atoms with E-state index in [1.807, 2.05) is 6.92 Å². The molecule has 0 fully saturated rings. The van der Waals surface area contributed by atoms with Gasteiger partial charge in [0.05, 0.1) is 0 Å². The Hall–Kier alpha value is -0.830. The molecule has 1 aromatic rings. The van der Waals surface area contributed by atoms with Crippen LogP contribution in [0.2, 0.25) is 0 Å². The first-order valence-electron chi connectivity index (χ1n) is 3.65. The van der Waals surface area contributed by atoms with E-state index in [-0.39, 0.29) is 5.75 Å². The number of aldehydes is 1. The molecule has 0 radical (unpaired) electrons. The zero-order valence-electron chi connectivity index (χ0n) is 6.67. The standard InChI is InChI=1S/C9H9BrO2/c1-2-8-6(5-11)3-7(12)4-9(8)10/h3-5,12H,2H2,1H3. The normalized spacial score (nSPS) is 9.83. The van der Waals surface area contributed by atoms with Crippen LogP contribution in [0.15, 0.2) is 16.6 Å². The number of hydrogen-bond donors (Lipinski definition) is 1. The van der Waals surface area contributed by atoms with E-state index >= 15 is 0 Å². The summed E-state index contributed by atoms with van der Waals surface area (Å²) in [6.07, 6.45) is 1.53. The molecule has 2 nitrogen and oxygen atoms in total. The van der Waals surface area contributed by atoms with Crippen molar-refractivity contribution in [2.24, 2.45) is 0 Å². The summed E-state index contributed by atoms with van der Waals surface area (Å²) in [6, 6.07) is 3.06. The number of carbonyl (C=O) groups is 1. The zero-order valence-corrected chi connectivity index (χ0v) is 8.26. The van der Waals surface area contributed by atoms with Gasteiger partial charge in [0.15, 0.2) is 6.29 Å². The van der Waals surface area contributed by atoms with Crippen molar-refractivity contribution in [3.8, 4) is 5.75 Å². The Bertz CT molecular complexity index is 308. The van der Waals surface area contributed by atoms with Crippen LogP contribution in [0.3, 0.4) is 0 Å². The minimum absolute atomic E-state index is 0.112. The Morgan fingerprint density at radius 2 is 2.25 bits per heavy atom. The molecule has 0 saturated carbocycles. The lowest BCUT2D eigenvalue weighted by atomic mass is 10.1. The molecule has 12 heavy (non-hydrogen) atoms. The molecule has 64 valence electrons. The maximum atomic E-state index is 10.6. The molecule has 1 N–H and O–H groups in total. The molecule has 0 atom stereocenters. The predicted molar refractivity (Wildman–Crippen MR) is 50.6 cm³/mol. The average molecular weight is 229 g/mol. The molecule has 1 aromatic carbocycles. The van der Waals surface area contributed by atoms with Crippen LogP contribution in [0.25, 0.3) is 0 Å². The number of phenols is 1. The van der Waals surface area contributed by atoms with Gasteiger partial charge in [-0.15, -0.1) is 0 Å². The molecule has 1 rings (SSSR count). The fourth-order valence-electron chi connectivity index (χ4n) is 1.12. The Kier molecular flexibility index (Phi) is 2.87. The molecule has 0 heterocycles. The fraction of sp³-hybridized carbons (Fsp3) is 0.222. The highest BCUT2D eigenvalue weighted by Gasteiger charge is 2.05. The second-order valence-corrected chi connectivity index (χ2v) is 3.32. The lowest BCUT2D eigenvalue weighted by Crippen LogP contribution is -1.91. The summed E-state index contributed by atoms with van der Waals surface area (Å²) in [4.78, 5) is 10.6. The Labute approximate surface area is 79.3 Å². The van der Waals surface area contributed by atoms with E-state index in [0.29, 0.717) is 5.56 Å². The highest BCUT2D eigenvalue weighted by molar-refractivity contribution is 9.10. The average Bonchev–Trinajstić information content (AvgIpc) is 2.03. The van der Waals surface area contributed by atoms with Crippen molar-refractivity contribution >= 4 is 22.2 Å². The van der Waals surface area contributed by atoms with E-state index in [0.717, 1.165) is 22.7 Å². The summed E-state index contributed by atoms with van der Waals surface area (Å²) in [5, 5.41) is 9.16. The zero-order chi connectivity index (χ0) is 9.14. The van der Waals surface area contributed by atoms with Gasteiger partial charge in [0.25, 0.3) is 0 Å². The maximum absolute atomic E-state index is 10.6. The van der Waals surface area contributed by atoms with Crippen LogP contribution in [-0.4, -0.2) is 11.4 Å². The van der Waals surface area contributed by atoms with Crippen LogP contribution < -0.4 is 0 Å². The third-order valence-electron chi connectivity index (χ3n) is 1.70. The number of rotatable bonds is 2. The summed E-state index contributed by atoms with van der Waals surface area (Å²) < 4.78 is 0.784. The number of halogens is 1.